The van der Waals surface area contributed by atoms with Crippen LogP contribution >= 0.6 is 0 Å². The summed E-state index contributed by atoms with van der Waals surface area (Å²) >= 11 is 0. The molecule has 1 aromatic carbocycles. The number of phenols is 1. The Balaban J connectivity index is 2.31. The Morgan fingerprint density at radius 1 is 1.25 bits per heavy atom. The van der Waals surface area contributed by atoms with E-state index in [2.05, 4.69) is 0 Å². The van der Waals surface area contributed by atoms with Gasteiger partial charge < -0.3 is 14.7 Å². The molecule has 0 unspecified atom stereocenters. The minimum atomic E-state index is -0.544. The van der Waals surface area contributed by atoms with Crippen molar-refractivity contribution in [2.75, 3.05) is 13.1 Å². The summed E-state index contributed by atoms with van der Waals surface area (Å²) in [6, 6.07) is 3.38. The molecule has 4 nitrogen and oxygen atoms in total. The van der Waals surface area contributed by atoms with Gasteiger partial charge in [-0.3, -0.25) is 4.79 Å². The molecule has 1 heterocycles. The Labute approximate surface area is 118 Å². The van der Waals surface area contributed by atoms with Crippen LogP contribution in [0.3, 0.4) is 0 Å². The molecule has 0 aromatic heterocycles. The van der Waals surface area contributed by atoms with E-state index in [-0.39, 0.29) is 17.2 Å². The summed E-state index contributed by atoms with van der Waals surface area (Å²) in [4.78, 5) is 14.1. The molecule has 1 aromatic rings. The molecule has 1 N–H and O–H groups in total. The quantitative estimate of drug-likeness (QED) is 0.860. The Hall–Kier alpha value is -1.62. The zero-order chi connectivity index (χ0) is 15.1. The number of carbonyl (C=O) groups excluding carboxylic acids is 1. The maximum atomic E-state index is 13.3. The minimum Gasteiger partial charge on any atom is -0.507 e. The molecule has 0 radical (unpaired) electrons. The molecule has 0 aliphatic carbocycles. The molecule has 20 heavy (non-hydrogen) atoms. The number of aromatic hydroxyl groups is 1. The van der Waals surface area contributed by atoms with Crippen LogP contribution in [0.15, 0.2) is 18.2 Å². The Kier molecular flexibility index (Phi) is 3.50. The fourth-order valence-electron chi connectivity index (χ4n) is 2.78. The van der Waals surface area contributed by atoms with Gasteiger partial charge in [-0.1, -0.05) is 0 Å². The van der Waals surface area contributed by atoms with Crippen LogP contribution in [0.1, 0.15) is 38.1 Å². The van der Waals surface area contributed by atoms with Crippen molar-refractivity contribution >= 4 is 5.91 Å². The van der Waals surface area contributed by atoms with E-state index in [0.29, 0.717) is 13.1 Å². The van der Waals surface area contributed by atoms with Gasteiger partial charge in [-0.2, -0.15) is 0 Å². The molecule has 0 bridgehead atoms. The second kappa shape index (κ2) is 4.74. The highest BCUT2D eigenvalue weighted by molar-refractivity contribution is 5.97. The van der Waals surface area contributed by atoms with Crippen molar-refractivity contribution in [1.82, 2.24) is 4.90 Å². The standard InChI is InChI=1S/C15H20FNO3/c1-14(2)8-17(9-15(3,4)20-14)13(19)11-7-10(16)5-6-12(11)18/h5-7,18H,8-9H2,1-4H3. The lowest BCUT2D eigenvalue weighted by Gasteiger charge is -2.47. The zero-order valence-corrected chi connectivity index (χ0v) is 12.2. The lowest BCUT2D eigenvalue weighted by atomic mass is 9.98. The molecular weight excluding hydrogens is 261 g/mol. The predicted octanol–water partition coefficient (Wildman–Crippen LogP) is 2.56. The van der Waals surface area contributed by atoms with Crippen LogP contribution in [0.5, 0.6) is 5.75 Å². The second-order valence-electron chi connectivity index (χ2n) is 6.44. The third-order valence-electron chi connectivity index (χ3n) is 3.17. The largest absolute Gasteiger partial charge is 0.507 e. The number of phenolic OH excluding ortho intramolecular Hbond substituents is 1. The van der Waals surface area contributed by atoms with Gasteiger partial charge in [0.2, 0.25) is 0 Å². The van der Waals surface area contributed by atoms with Gasteiger partial charge in [0, 0.05) is 13.1 Å². The summed E-state index contributed by atoms with van der Waals surface area (Å²) in [5, 5.41) is 9.75. The Bertz CT molecular complexity index is 524. The van der Waals surface area contributed by atoms with Gasteiger partial charge in [0.05, 0.1) is 16.8 Å². The highest BCUT2D eigenvalue weighted by Gasteiger charge is 2.40. The molecule has 1 saturated heterocycles. The van der Waals surface area contributed by atoms with Crippen LogP contribution < -0.4 is 0 Å². The van der Waals surface area contributed by atoms with Gasteiger partial charge in [-0.05, 0) is 45.9 Å². The van der Waals surface area contributed by atoms with E-state index in [4.69, 9.17) is 4.74 Å². The van der Waals surface area contributed by atoms with Crippen LogP contribution in [0, 0.1) is 5.82 Å². The predicted molar refractivity (Wildman–Crippen MR) is 73.2 cm³/mol. The van der Waals surface area contributed by atoms with Gasteiger partial charge in [-0.25, -0.2) is 4.39 Å². The van der Waals surface area contributed by atoms with Crippen molar-refractivity contribution < 1.29 is 19.0 Å². The van der Waals surface area contributed by atoms with Gasteiger partial charge in [0.25, 0.3) is 5.91 Å². The third kappa shape index (κ3) is 3.10. The summed E-state index contributed by atoms with van der Waals surface area (Å²) < 4.78 is 19.2. The number of benzene rings is 1. The highest BCUT2D eigenvalue weighted by atomic mass is 19.1. The fraction of sp³-hybridized carbons (Fsp3) is 0.533. The number of hydrogen-bond acceptors (Lipinski definition) is 3. The number of amides is 1. The molecule has 1 amide bonds. The van der Waals surface area contributed by atoms with E-state index in [9.17, 15) is 14.3 Å². The number of carbonyl (C=O) groups is 1. The summed E-state index contributed by atoms with van der Waals surface area (Å²) in [6.07, 6.45) is 0. The van der Waals surface area contributed by atoms with E-state index in [0.717, 1.165) is 12.1 Å². The fourth-order valence-corrected chi connectivity index (χ4v) is 2.78. The van der Waals surface area contributed by atoms with Crippen molar-refractivity contribution in [3.05, 3.63) is 29.6 Å². The smallest absolute Gasteiger partial charge is 0.257 e. The first-order valence-electron chi connectivity index (χ1n) is 6.58. The molecule has 2 rings (SSSR count). The molecule has 1 aliphatic heterocycles. The first-order valence-corrected chi connectivity index (χ1v) is 6.58. The van der Waals surface area contributed by atoms with E-state index in [1.807, 2.05) is 27.7 Å². The maximum Gasteiger partial charge on any atom is 0.257 e. The molecule has 0 atom stereocenters. The summed E-state index contributed by atoms with van der Waals surface area (Å²) in [5.74, 6) is -1.14. The minimum absolute atomic E-state index is 0.0153. The number of rotatable bonds is 1. The summed E-state index contributed by atoms with van der Waals surface area (Å²) in [7, 11) is 0. The molecule has 110 valence electrons. The monoisotopic (exact) mass is 281 g/mol. The lowest BCUT2D eigenvalue weighted by Crippen LogP contribution is -2.58. The first-order chi connectivity index (χ1) is 9.10. The van der Waals surface area contributed by atoms with Gasteiger partial charge >= 0.3 is 0 Å². The molecule has 1 aliphatic rings. The molecule has 5 heteroatoms. The topological polar surface area (TPSA) is 49.8 Å². The van der Waals surface area contributed by atoms with Crippen LogP contribution in [0.4, 0.5) is 4.39 Å². The molecule has 1 fully saturated rings. The number of morpholine rings is 1. The maximum absolute atomic E-state index is 13.3. The molecule has 0 saturated carbocycles. The van der Waals surface area contributed by atoms with Crippen LogP contribution in [-0.4, -0.2) is 40.2 Å². The van der Waals surface area contributed by atoms with Crippen molar-refractivity contribution in [2.24, 2.45) is 0 Å². The van der Waals surface area contributed by atoms with E-state index in [1.54, 1.807) is 4.90 Å². The van der Waals surface area contributed by atoms with Gasteiger partial charge in [-0.15, -0.1) is 0 Å². The van der Waals surface area contributed by atoms with Gasteiger partial charge in [0.1, 0.15) is 11.6 Å². The average molecular weight is 281 g/mol. The zero-order valence-electron chi connectivity index (χ0n) is 12.2. The number of halogens is 1. The Morgan fingerprint density at radius 3 is 2.35 bits per heavy atom. The SMILES string of the molecule is CC1(C)CN(C(=O)c2cc(F)ccc2O)CC(C)(C)O1. The van der Waals surface area contributed by atoms with Crippen molar-refractivity contribution in [3.63, 3.8) is 0 Å². The van der Waals surface area contributed by atoms with E-state index >= 15 is 0 Å². The third-order valence-corrected chi connectivity index (χ3v) is 3.17. The van der Waals surface area contributed by atoms with Crippen molar-refractivity contribution in [2.45, 2.75) is 38.9 Å². The molecular formula is C15H20FNO3. The highest BCUT2D eigenvalue weighted by Crippen LogP contribution is 2.30. The number of hydrogen-bond donors (Lipinski definition) is 1. The van der Waals surface area contributed by atoms with Crippen LogP contribution in [0.2, 0.25) is 0 Å². The number of ether oxygens (including phenoxy) is 1. The van der Waals surface area contributed by atoms with Crippen LogP contribution in [0.25, 0.3) is 0 Å². The van der Waals surface area contributed by atoms with Crippen molar-refractivity contribution in [1.29, 1.82) is 0 Å². The Morgan fingerprint density at radius 2 is 1.80 bits per heavy atom. The van der Waals surface area contributed by atoms with E-state index < -0.39 is 17.0 Å². The lowest BCUT2D eigenvalue weighted by molar-refractivity contribution is -0.171. The van der Waals surface area contributed by atoms with Gasteiger partial charge in [0.15, 0.2) is 0 Å². The molecule has 0 spiro atoms. The normalized spacial score (nSPS) is 20.8. The summed E-state index contributed by atoms with van der Waals surface area (Å²) in [6.45, 7) is 8.40. The van der Waals surface area contributed by atoms with E-state index in [1.165, 1.54) is 6.07 Å². The second-order valence-corrected chi connectivity index (χ2v) is 6.44. The number of nitrogens with zero attached hydrogens (tertiary/aromatic N) is 1. The van der Waals surface area contributed by atoms with Crippen molar-refractivity contribution in [3.8, 4) is 5.75 Å². The summed E-state index contributed by atoms with van der Waals surface area (Å²) in [5.41, 5.74) is -0.987. The average Bonchev–Trinajstić information content (AvgIpc) is 2.27. The van der Waals surface area contributed by atoms with Crippen LogP contribution in [-0.2, 0) is 4.74 Å². The first kappa shape index (κ1) is 14.8.